The van der Waals surface area contributed by atoms with Crippen molar-refractivity contribution in [3.05, 3.63) is 28.8 Å². The Hall–Kier alpha value is -1.59. The third-order valence-electron chi connectivity index (χ3n) is 6.03. The second kappa shape index (κ2) is 8.83. The van der Waals surface area contributed by atoms with Crippen molar-refractivity contribution in [1.29, 1.82) is 0 Å². The van der Waals surface area contributed by atoms with Crippen molar-refractivity contribution in [3.8, 4) is 11.5 Å². The van der Waals surface area contributed by atoms with E-state index in [1.165, 1.54) is 0 Å². The van der Waals surface area contributed by atoms with Gasteiger partial charge in [0, 0.05) is 24.2 Å². The lowest BCUT2D eigenvalue weighted by atomic mass is 10.0. The first kappa shape index (κ1) is 22.7. The van der Waals surface area contributed by atoms with Gasteiger partial charge in [0.15, 0.2) is 5.78 Å². The maximum absolute atomic E-state index is 13.0. The van der Waals surface area contributed by atoms with E-state index in [2.05, 4.69) is 48.5 Å². The fourth-order valence-electron chi connectivity index (χ4n) is 4.92. The zero-order valence-corrected chi connectivity index (χ0v) is 19.9. The molecule has 1 aromatic carbocycles. The minimum absolute atomic E-state index is 0.00345. The Morgan fingerprint density at radius 2 is 1.46 bits per heavy atom. The molecule has 1 aliphatic rings. The minimum atomic E-state index is -1.98. The summed E-state index contributed by atoms with van der Waals surface area (Å²) in [4.78, 5) is 13.0. The summed E-state index contributed by atoms with van der Waals surface area (Å²) < 4.78 is 17.6. The third kappa shape index (κ3) is 4.06. The van der Waals surface area contributed by atoms with Crippen LogP contribution in [0.25, 0.3) is 6.08 Å². The number of carbonyl (C=O) groups is 1. The van der Waals surface area contributed by atoms with Crippen molar-refractivity contribution < 1.29 is 18.7 Å². The Bertz CT molecular complexity index is 727. The average molecular weight is 405 g/mol. The van der Waals surface area contributed by atoms with Crippen LogP contribution in [0.1, 0.15) is 70.8 Å². The van der Waals surface area contributed by atoms with Gasteiger partial charge in [-0.1, -0.05) is 41.5 Å². The normalized spacial score (nSPS) is 15.3. The summed E-state index contributed by atoms with van der Waals surface area (Å²) >= 11 is 0. The van der Waals surface area contributed by atoms with Crippen LogP contribution in [0.15, 0.2) is 17.7 Å². The lowest BCUT2D eigenvalue weighted by Gasteiger charge is -2.44. The number of rotatable bonds is 9. The fourth-order valence-corrected chi connectivity index (χ4v) is 10.5. The van der Waals surface area contributed by atoms with Crippen LogP contribution in [0, 0.1) is 0 Å². The molecule has 0 fully saturated rings. The Balaban J connectivity index is 2.27. The number of fused-ring (bicyclic) bond motifs is 1. The molecular formula is C23H36O4Si. The van der Waals surface area contributed by atoms with Crippen LogP contribution < -0.4 is 9.47 Å². The van der Waals surface area contributed by atoms with Crippen LogP contribution in [-0.4, -0.2) is 34.4 Å². The number of hydrogen-bond acceptors (Lipinski definition) is 4. The number of carbonyl (C=O) groups excluding carboxylic acids is 1. The van der Waals surface area contributed by atoms with Gasteiger partial charge in [0.05, 0.1) is 19.8 Å². The quantitative estimate of drug-likeness (QED) is 0.456. The van der Waals surface area contributed by atoms with Crippen molar-refractivity contribution in [3.63, 3.8) is 0 Å². The van der Waals surface area contributed by atoms with Gasteiger partial charge in [0.1, 0.15) is 11.5 Å². The summed E-state index contributed by atoms with van der Waals surface area (Å²) in [6, 6.07) is 3.66. The maximum atomic E-state index is 13.0. The third-order valence-corrected chi connectivity index (χ3v) is 12.3. The highest BCUT2D eigenvalue weighted by Crippen LogP contribution is 2.44. The van der Waals surface area contributed by atoms with Crippen LogP contribution in [0.4, 0.5) is 0 Å². The number of benzene rings is 1. The number of hydrogen-bond donors (Lipinski definition) is 0. The molecule has 1 aliphatic carbocycles. The fraction of sp³-hybridized carbons (Fsp3) is 0.609. The van der Waals surface area contributed by atoms with E-state index < -0.39 is 8.32 Å². The molecule has 0 heterocycles. The first-order valence-corrected chi connectivity index (χ1v) is 12.4. The van der Waals surface area contributed by atoms with E-state index in [9.17, 15) is 4.79 Å². The first-order valence-electron chi connectivity index (χ1n) is 10.3. The molecule has 0 unspecified atom stereocenters. The zero-order valence-electron chi connectivity index (χ0n) is 18.9. The number of Topliss-reactive ketones (excluding diaryl/α,β-unsaturated/α-hetero) is 1. The van der Waals surface area contributed by atoms with Gasteiger partial charge in [-0.3, -0.25) is 4.79 Å². The SMILES string of the molecule is COc1cc2c(c(OC)c1)C(=O)C(C[C@@H](C)O[Si](C(C)C)(C(C)C)C(C)C)=C2. The van der Waals surface area contributed by atoms with Crippen LogP contribution >= 0.6 is 0 Å². The van der Waals surface area contributed by atoms with E-state index in [1.807, 2.05) is 12.1 Å². The average Bonchev–Trinajstić information content (AvgIpc) is 2.93. The van der Waals surface area contributed by atoms with Gasteiger partial charge >= 0.3 is 0 Å². The Morgan fingerprint density at radius 3 is 1.93 bits per heavy atom. The molecule has 1 atom stereocenters. The number of ketones is 1. The highest BCUT2D eigenvalue weighted by Gasteiger charge is 2.46. The van der Waals surface area contributed by atoms with Gasteiger partial charge in [-0.25, -0.2) is 0 Å². The Labute approximate surface area is 171 Å². The maximum Gasteiger partial charge on any atom is 0.200 e. The van der Waals surface area contributed by atoms with E-state index in [-0.39, 0.29) is 11.9 Å². The van der Waals surface area contributed by atoms with Gasteiger partial charge in [-0.15, -0.1) is 0 Å². The molecule has 5 heteroatoms. The van der Waals surface area contributed by atoms with Crippen molar-refractivity contribution >= 4 is 20.2 Å². The molecule has 0 aliphatic heterocycles. The Kier molecular flexibility index (Phi) is 7.15. The molecule has 0 saturated heterocycles. The molecule has 4 nitrogen and oxygen atoms in total. The van der Waals surface area contributed by atoms with E-state index in [4.69, 9.17) is 13.9 Å². The Morgan fingerprint density at radius 1 is 0.893 bits per heavy atom. The molecule has 2 rings (SSSR count). The van der Waals surface area contributed by atoms with E-state index in [0.717, 1.165) is 11.1 Å². The molecule has 0 amide bonds. The molecule has 0 radical (unpaired) electrons. The highest BCUT2D eigenvalue weighted by atomic mass is 28.4. The summed E-state index contributed by atoms with van der Waals surface area (Å²) in [5.74, 6) is 1.29. The van der Waals surface area contributed by atoms with Gasteiger partial charge in [-0.2, -0.15) is 0 Å². The monoisotopic (exact) mass is 404 g/mol. The van der Waals surface area contributed by atoms with Crippen LogP contribution in [-0.2, 0) is 4.43 Å². The van der Waals surface area contributed by atoms with E-state index in [1.54, 1.807) is 20.3 Å². The number of ether oxygens (including phenoxy) is 2. The second-order valence-electron chi connectivity index (χ2n) is 8.74. The molecule has 1 aromatic rings. The predicted octanol–water partition coefficient (Wildman–Crippen LogP) is 6.25. The molecule has 156 valence electrons. The van der Waals surface area contributed by atoms with Crippen LogP contribution in [0.3, 0.4) is 0 Å². The first-order chi connectivity index (χ1) is 13.1. The topological polar surface area (TPSA) is 44.8 Å². The molecule has 0 aromatic heterocycles. The van der Waals surface area contributed by atoms with Gasteiger partial charge in [0.25, 0.3) is 0 Å². The molecular weight excluding hydrogens is 368 g/mol. The second-order valence-corrected chi connectivity index (χ2v) is 14.1. The van der Waals surface area contributed by atoms with Crippen LogP contribution in [0.2, 0.25) is 16.6 Å². The lowest BCUT2D eigenvalue weighted by Crippen LogP contribution is -2.49. The lowest BCUT2D eigenvalue weighted by molar-refractivity contribution is 0.101. The van der Waals surface area contributed by atoms with Crippen molar-refractivity contribution in [2.75, 3.05) is 14.2 Å². The molecule has 0 spiro atoms. The highest BCUT2D eigenvalue weighted by molar-refractivity contribution is 6.77. The van der Waals surface area contributed by atoms with Crippen molar-refractivity contribution in [2.24, 2.45) is 0 Å². The largest absolute Gasteiger partial charge is 0.497 e. The van der Waals surface area contributed by atoms with Crippen molar-refractivity contribution in [2.45, 2.75) is 77.6 Å². The summed E-state index contributed by atoms with van der Waals surface area (Å²) in [6.07, 6.45) is 2.57. The van der Waals surface area contributed by atoms with Crippen molar-refractivity contribution in [1.82, 2.24) is 0 Å². The standard InChI is InChI=1S/C23H36O4Si/c1-14(2)28(15(3)4,16(5)6)27-17(7)10-19-11-18-12-20(25-8)13-21(26-9)22(18)23(19)24/h11-17H,10H2,1-9H3/t17-/m1/s1. The molecule has 0 saturated carbocycles. The summed E-state index contributed by atoms with van der Waals surface area (Å²) in [5, 5.41) is 0. The smallest absolute Gasteiger partial charge is 0.200 e. The summed E-state index contributed by atoms with van der Waals surface area (Å²) in [5.41, 5.74) is 3.83. The molecule has 0 N–H and O–H groups in total. The van der Waals surface area contributed by atoms with Gasteiger partial charge in [-0.05, 0) is 41.3 Å². The summed E-state index contributed by atoms with van der Waals surface area (Å²) in [6.45, 7) is 15.8. The van der Waals surface area contributed by atoms with Gasteiger partial charge < -0.3 is 13.9 Å². The number of methoxy groups -OCH3 is 2. The van der Waals surface area contributed by atoms with Crippen LogP contribution in [0.5, 0.6) is 11.5 Å². The minimum Gasteiger partial charge on any atom is -0.497 e. The zero-order chi connectivity index (χ0) is 21.2. The van der Waals surface area contributed by atoms with E-state index >= 15 is 0 Å². The summed E-state index contributed by atoms with van der Waals surface area (Å²) in [7, 11) is 1.22. The predicted molar refractivity (Wildman–Crippen MR) is 118 cm³/mol. The molecule has 28 heavy (non-hydrogen) atoms. The van der Waals surface area contributed by atoms with Gasteiger partial charge in [0.2, 0.25) is 8.32 Å². The molecule has 0 bridgehead atoms. The van der Waals surface area contributed by atoms with E-state index in [0.29, 0.717) is 40.1 Å².